The first-order valence-corrected chi connectivity index (χ1v) is 10.7. The standard InChI is InChI=1S/C21H38N2O6/c1-2-3-4-5-10-19(25)22-13-16-23(17-18-24,14-8-6-11-20(26)27)15-9-7-12-21(28)29/h5,10,24H,2-4,6-9,11-18H2,1H3,(H2-,22,25,26,27,28,29)/b10-5+. The fourth-order valence-corrected chi connectivity index (χ4v) is 3.31. The molecule has 1 amide bonds. The van der Waals surface area contributed by atoms with Crippen molar-refractivity contribution in [1.29, 1.82) is 0 Å². The molecule has 0 heterocycles. The van der Waals surface area contributed by atoms with Crippen molar-refractivity contribution < 1.29 is 34.2 Å². The number of carboxylic acid groups (broad SMARTS) is 2. The molecule has 3 N–H and O–H groups in total. The topological polar surface area (TPSA) is 127 Å². The van der Waals surface area contributed by atoms with Crippen molar-refractivity contribution in [3.8, 4) is 0 Å². The average molecular weight is 415 g/mol. The number of nitrogens with one attached hydrogen (secondary N) is 1. The number of allylic oxidation sites excluding steroid dienone is 1. The SMILES string of the molecule is CCCC/C=C/C(=O)NCC[N+](CCO)(CCCCC(=O)[O-])CCCCC(=O)O. The third-order valence-corrected chi connectivity index (χ3v) is 4.99. The number of amides is 1. The summed E-state index contributed by atoms with van der Waals surface area (Å²) in [6.45, 7) is 4.95. The number of aliphatic hydroxyl groups excluding tert-OH is 1. The number of quaternary nitrogens is 1. The second kappa shape index (κ2) is 17.0. The van der Waals surface area contributed by atoms with E-state index in [9.17, 15) is 24.6 Å². The van der Waals surface area contributed by atoms with Crippen LogP contribution in [0.25, 0.3) is 0 Å². The van der Waals surface area contributed by atoms with Crippen molar-refractivity contribution in [2.75, 3.05) is 39.3 Å². The number of carbonyl (C=O) groups excluding carboxylic acids is 2. The Morgan fingerprint density at radius 1 is 0.966 bits per heavy atom. The van der Waals surface area contributed by atoms with Gasteiger partial charge in [0.1, 0.15) is 6.54 Å². The number of unbranched alkanes of at least 4 members (excludes halogenated alkanes) is 4. The van der Waals surface area contributed by atoms with Crippen LogP contribution in [0.3, 0.4) is 0 Å². The van der Waals surface area contributed by atoms with Crippen molar-refractivity contribution in [2.24, 2.45) is 0 Å². The molecule has 1 atom stereocenters. The van der Waals surface area contributed by atoms with Crippen molar-refractivity contribution >= 4 is 17.8 Å². The molecule has 0 saturated heterocycles. The summed E-state index contributed by atoms with van der Waals surface area (Å²) < 4.78 is 0.531. The molecule has 0 fully saturated rings. The molecule has 0 spiro atoms. The minimum Gasteiger partial charge on any atom is -0.550 e. The summed E-state index contributed by atoms with van der Waals surface area (Å²) in [4.78, 5) is 33.3. The van der Waals surface area contributed by atoms with Gasteiger partial charge in [-0.2, -0.15) is 0 Å². The Kier molecular flexibility index (Phi) is 15.8. The van der Waals surface area contributed by atoms with Gasteiger partial charge >= 0.3 is 5.97 Å². The van der Waals surface area contributed by atoms with Gasteiger partial charge < -0.3 is 29.9 Å². The second-order valence-electron chi connectivity index (χ2n) is 7.48. The highest BCUT2D eigenvalue weighted by Crippen LogP contribution is 2.13. The fourth-order valence-electron chi connectivity index (χ4n) is 3.31. The summed E-state index contributed by atoms with van der Waals surface area (Å²) in [5.74, 6) is -2.05. The Labute approximate surface area is 174 Å². The molecule has 8 heteroatoms. The van der Waals surface area contributed by atoms with Crippen molar-refractivity contribution in [3.05, 3.63) is 12.2 Å². The van der Waals surface area contributed by atoms with Gasteiger partial charge in [0.05, 0.1) is 32.8 Å². The number of hydrogen-bond acceptors (Lipinski definition) is 5. The van der Waals surface area contributed by atoms with Crippen LogP contribution >= 0.6 is 0 Å². The monoisotopic (exact) mass is 414 g/mol. The summed E-state index contributed by atoms with van der Waals surface area (Å²) in [5, 5.41) is 31.9. The molecular formula is C21H38N2O6. The van der Waals surface area contributed by atoms with E-state index in [0.717, 1.165) is 19.3 Å². The van der Waals surface area contributed by atoms with Crippen LogP contribution < -0.4 is 10.4 Å². The molecule has 0 saturated carbocycles. The summed E-state index contributed by atoms with van der Waals surface area (Å²) >= 11 is 0. The number of carboxylic acids is 2. The number of aliphatic carboxylic acids is 2. The number of aliphatic hydroxyl groups is 1. The molecule has 0 rings (SSSR count). The maximum Gasteiger partial charge on any atom is 0.303 e. The lowest BCUT2D eigenvalue weighted by Gasteiger charge is -2.39. The van der Waals surface area contributed by atoms with E-state index in [-0.39, 0.29) is 25.4 Å². The molecule has 0 aliphatic rings. The van der Waals surface area contributed by atoms with Gasteiger partial charge in [-0.3, -0.25) is 9.59 Å². The zero-order valence-electron chi connectivity index (χ0n) is 17.7. The highest BCUT2D eigenvalue weighted by Gasteiger charge is 2.26. The van der Waals surface area contributed by atoms with E-state index in [4.69, 9.17) is 5.11 Å². The molecular weight excluding hydrogens is 376 g/mol. The predicted octanol–water partition coefficient (Wildman–Crippen LogP) is 0.833. The molecule has 8 nitrogen and oxygen atoms in total. The van der Waals surface area contributed by atoms with Crippen LogP contribution in [0.15, 0.2) is 12.2 Å². The zero-order valence-corrected chi connectivity index (χ0v) is 17.7. The number of nitrogens with zero attached hydrogens (tertiary/aromatic N) is 1. The first-order chi connectivity index (χ1) is 13.8. The van der Waals surface area contributed by atoms with E-state index in [0.29, 0.717) is 62.9 Å². The van der Waals surface area contributed by atoms with Crippen LogP contribution in [0.2, 0.25) is 0 Å². The zero-order chi connectivity index (χ0) is 22.0. The lowest BCUT2D eigenvalue weighted by atomic mass is 10.1. The van der Waals surface area contributed by atoms with Crippen LogP contribution in [0.1, 0.15) is 64.7 Å². The second-order valence-corrected chi connectivity index (χ2v) is 7.48. The van der Waals surface area contributed by atoms with Gasteiger partial charge in [0.15, 0.2) is 0 Å². The third-order valence-electron chi connectivity index (χ3n) is 4.99. The molecule has 0 bridgehead atoms. The smallest absolute Gasteiger partial charge is 0.303 e. The van der Waals surface area contributed by atoms with Crippen LogP contribution in [0.4, 0.5) is 0 Å². The van der Waals surface area contributed by atoms with Gasteiger partial charge in [0.25, 0.3) is 0 Å². The quantitative estimate of drug-likeness (QED) is 0.163. The van der Waals surface area contributed by atoms with Gasteiger partial charge in [0, 0.05) is 12.4 Å². The number of hydrogen-bond donors (Lipinski definition) is 3. The molecule has 0 aromatic heterocycles. The maximum absolute atomic E-state index is 11.9. The summed E-state index contributed by atoms with van der Waals surface area (Å²) in [5.41, 5.74) is 0. The van der Waals surface area contributed by atoms with Gasteiger partial charge in [-0.15, -0.1) is 0 Å². The molecule has 0 aromatic carbocycles. The largest absolute Gasteiger partial charge is 0.550 e. The number of carbonyl (C=O) groups is 3. The molecule has 0 aliphatic heterocycles. The Morgan fingerprint density at radius 2 is 1.62 bits per heavy atom. The number of rotatable bonds is 19. The minimum absolute atomic E-state index is 0.00255. The molecule has 29 heavy (non-hydrogen) atoms. The Bertz CT molecular complexity index is 485. The van der Waals surface area contributed by atoms with E-state index in [1.807, 2.05) is 6.08 Å². The molecule has 0 aromatic rings. The minimum atomic E-state index is -1.08. The third kappa shape index (κ3) is 15.6. The van der Waals surface area contributed by atoms with E-state index in [1.165, 1.54) is 0 Å². The van der Waals surface area contributed by atoms with Crippen molar-refractivity contribution in [2.45, 2.75) is 64.7 Å². The lowest BCUT2D eigenvalue weighted by molar-refractivity contribution is -0.927. The van der Waals surface area contributed by atoms with Crippen molar-refractivity contribution in [1.82, 2.24) is 5.32 Å². The van der Waals surface area contributed by atoms with E-state index in [2.05, 4.69) is 12.2 Å². The highest BCUT2D eigenvalue weighted by atomic mass is 16.4. The first-order valence-electron chi connectivity index (χ1n) is 10.7. The Morgan fingerprint density at radius 3 is 2.17 bits per heavy atom. The van der Waals surface area contributed by atoms with Crippen LogP contribution in [0.5, 0.6) is 0 Å². The van der Waals surface area contributed by atoms with Gasteiger partial charge in [0.2, 0.25) is 5.91 Å². The van der Waals surface area contributed by atoms with Crippen LogP contribution in [0, 0.1) is 0 Å². The Hall–Kier alpha value is -1.93. The fraction of sp³-hybridized carbons (Fsp3) is 0.762. The van der Waals surface area contributed by atoms with Gasteiger partial charge in [-0.1, -0.05) is 25.8 Å². The summed E-state index contributed by atoms with van der Waals surface area (Å²) in [7, 11) is 0. The van der Waals surface area contributed by atoms with Crippen LogP contribution in [-0.4, -0.2) is 71.9 Å². The van der Waals surface area contributed by atoms with Crippen LogP contribution in [-0.2, 0) is 14.4 Å². The highest BCUT2D eigenvalue weighted by molar-refractivity contribution is 5.87. The maximum atomic E-state index is 11.9. The van der Waals surface area contributed by atoms with E-state index in [1.54, 1.807) is 6.08 Å². The first kappa shape index (κ1) is 27.1. The Balaban J connectivity index is 4.73. The molecule has 1 unspecified atom stereocenters. The lowest BCUT2D eigenvalue weighted by Crippen LogP contribution is -2.54. The molecule has 0 aliphatic carbocycles. The predicted molar refractivity (Wildman–Crippen MR) is 109 cm³/mol. The average Bonchev–Trinajstić information content (AvgIpc) is 2.66. The normalized spacial score (nSPS) is 13.3. The van der Waals surface area contributed by atoms with Gasteiger partial charge in [-0.25, -0.2) is 0 Å². The molecule has 168 valence electrons. The van der Waals surface area contributed by atoms with E-state index >= 15 is 0 Å². The van der Waals surface area contributed by atoms with Gasteiger partial charge in [-0.05, 0) is 44.6 Å². The summed E-state index contributed by atoms with van der Waals surface area (Å²) in [6.07, 6.45) is 8.90. The van der Waals surface area contributed by atoms with E-state index < -0.39 is 11.9 Å². The van der Waals surface area contributed by atoms with Crippen molar-refractivity contribution in [3.63, 3.8) is 0 Å². The summed E-state index contributed by atoms with van der Waals surface area (Å²) in [6, 6.07) is 0. The molecule has 0 radical (unpaired) electrons.